The molecule has 0 spiro atoms. The zero-order chi connectivity index (χ0) is 14.9. The van der Waals surface area contributed by atoms with Gasteiger partial charge in [0.1, 0.15) is 10.7 Å². The van der Waals surface area contributed by atoms with E-state index in [1.165, 1.54) is 24.4 Å². The van der Waals surface area contributed by atoms with Gasteiger partial charge < -0.3 is 0 Å². The molecule has 0 unspecified atom stereocenters. The lowest BCUT2D eigenvalue weighted by atomic mass is 10.2. The Morgan fingerprint density at radius 2 is 2.05 bits per heavy atom. The highest BCUT2D eigenvalue weighted by molar-refractivity contribution is 7.92. The highest BCUT2D eigenvalue weighted by Crippen LogP contribution is 2.22. The van der Waals surface area contributed by atoms with Crippen molar-refractivity contribution in [3.05, 3.63) is 41.5 Å². The van der Waals surface area contributed by atoms with E-state index in [9.17, 15) is 12.8 Å². The second kappa shape index (κ2) is 5.24. The SMILES string of the molecule is CCn1ncc(S(=O)(=O)Nc2ccc(F)cc2C)c1C. The molecule has 0 aliphatic heterocycles. The summed E-state index contributed by atoms with van der Waals surface area (Å²) >= 11 is 0. The van der Waals surface area contributed by atoms with Gasteiger partial charge in [0, 0.05) is 6.54 Å². The van der Waals surface area contributed by atoms with Gasteiger partial charge in [-0.25, -0.2) is 12.8 Å². The number of benzene rings is 1. The topological polar surface area (TPSA) is 64.0 Å². The Bertz CT molecular complexity index is 738. The molecule has 7 heteroatoms. The number of anilines is 1. The van der Waals surface area contributed by atoms with Crippen molar-refractivity contribution < 1.29 is 12.8 Å². The predicted molar refractivity (Wildman–Crippen MR) is 74.6 cm³/mol. The van der Waals surface area contributed by atoms with Crippen molar-refractivity contribution in [3.8, 4) is 0 Å². The van der Waals surface area contributed by atoms with Gasteiger partial charge in [-0.15, -0.1) is 0 Å². The maximum absolute atomic E-state index is 13.0. The van der Waals surface area contributed by atoms with Crippen LogP contribution in [0.2, 0.25) is 0 Å². The molecule has 1 heterocycles. The lowest BCUT2D eigenvalue weighted by Gasteiger charge is -2.10. The lowest BCUT2D eigenvalue weighted by molar-refractivity contribution is 0.598. The number of sulfonamides is 1. The van der Waals surface area contributed by atoms with Gasteiger partial charge in [-0.1, -0.05) is 0 Å². The van der Waals surface area contributed by atoms with Crippen LogP contribution in [0, 0.1) is 19.7 Å². The van der Waals surface area contributed by atoms with E-state index in [1.54, 1.807) is 18.5 Å². The molecule has 1 aromatic carbocycles. The highest BCUT2D eigenvalue weighted by atomic mass is 32.2. The lowest BCUT2D eigenvalue weighted by Crippen LogP contribution is -2.15. The Morgan fingerprint density at radius 3 is 2.60 bits per heavy atom. The molecule has 5 nitrogen and oxygen atoms in total. The first-order chi connectivity index (χ1) is 9.35. The Hall–Kier alpha value is -1.89. The Balaban J connectivity index is 2.38. The molecule has 2 rings (SSSR count). The van der Waals surface area contributed by atoms with Crippen LogP contribution in [0.1, 0.15) is 18.2 Å². The van der Waals surface area contributed by atoms with Crippen LogP contribution in [0.15, 0.2) is 29.3 Å². The van der Waals surface area contributed by atoms with Crippen molar-refractivity contribution in [3.63, 3.8) is 0 Å². The van der Waals surface area contributed by atoms with Crippen LogP contribution in [0.5, 0.6) is 0 Å². The third-order valence-electron chi connectivity index (χ3n) is 3.08. The van der Waals surface area contributed by atoms with Crippen molar-refractivity contribution in [1.29, 1.82) is 0 Å². The minimum Gasteiger partial charge on any atom is -0.279 e. The first-order valence-electron chi connectivity index (χ1n) is 6.16. The van der Waals surface area contributed by atoms with Gasteiger partial charge in [0.15, 0.2) is 0 Å². The maximum Gasteiger partial charge on any atom is 0.265 e. The fourth-order valence-corrected chi connectivity index (χ4v) is 3.26. The average Bonchev–Trinajstić information content (AvgIpc) is 2.74. The summed E-state index contributed by atoms with van der Waals surface area (Å²) in [6, 6.07) is 3.90. The van der Waals surface area contributed by atoms with Gasteiger partial charge in [-0.05, 0) is 44.5 Å². The average molecular weight is 297 g/mol. The quantitative estimate of drug-likeness (QED) is 0.943. The fraction of sp³-hybridized carbons (Fsp3) is 0.308. The molecular formula is C13H16FN3O2S. The van der Waals surface area contributed by atoms with Gasteiger partial charge >= 0.3 is 0 Å². The van der Waals surface area contributed by atoms with Crippen molar-refractivity contribution >= 4 is 15.7 Å². The Morgan fingerprint density at radius 1 is 1.35 bits per heavy atom. The molecule has 0 aliphatic carbocycles. The zero-order valence-corrected chi connectivity index (χ0v) is 12.3. The van der Waals surface area contributed by atoms with Gasteiger partial charge in [0.05, 0.1) is 17.6 Å². The predicted octanol–water partition coefficient (Wildman–Crippen LogP) is 2.46. The first kappa shape index (κ1) is 14.5. The molecule has 0 aliphatic rings. The molecule has 1 N–H and O–H groups in total. The minimum atomic E-state index is -3.72. The van der Waals surface area contributed by atoms with E-state index in [0.29, 0.717) is 23.5 Å². The van der Waals surface area contributed by atoms with Crippen LogP contribution in [0.4, 0.5) is 10.1 Å². The van der Waals surface area contributed by atoms with Crippen LogP contribution in [-0.4, -0.2) is 18.2 Å². The standard InChI is InChI=1S/C13H16FN3O2S/c1-4-17-10(3)13(8-15-17)20(18,19)16-12-6-5-11(14)7-9(12)2/h5-8,16H,4H2,1-3H3. The normalized spacial score (nSPS) is 11.6. The highest BCUT2D eigenvalue weighted by Gasteiger charge is 2.21. The maximum atomic E-state index is 13.0. The molecule has 20 heavy (non-hydrogen) atoms. The van der Waals surface area contributed by atoms with Crippen molar-refractivity contribution in [2.24, 2.45) is 0 Å². The summed E-state index contributed by atoms with van der Waals surface area (Å²) in [4.78, 5) is 0.128. The van der Waals surface area contributed by atoms with Gasteiger partial charge in [0.25, 0.3) is 10.0 Å². The van der Waals surface area contributed by atoms with Gasteiger partial charge in [0.2, 0.25) is 0 Å². The van der Waals surface area contributed by atoms with Crippen LogP contribution in [0.3, 0.4) is 0 Å². The van der Waals surface area contributed by atoms with E-state index in [1.807, 2.05) is 6.92 Å². The minimum absolute atomic E-state index is 0.128. The summed E-state index contributed by atoms with van der Waals surface area (Å²) < 4.78 is 41.8. The number of rotatable bonds is 4. The third-order valence-corrected chi connectivity index (χ3v) is 4.55. The molecular weight excluding hydrogens is 281 g/mol. The summed E-state index contributed by atoms with van der Waals surface area (Å²) in [6.45, 7) is 5.82. The summed E-state index contributed by atoms with van der Waals surface area (Å²) in [5, 5.41) is 4.02. The summed E-state index contributed by atoms with van der Waals surface area (Å²) in [5.74, 6) is -0.402. The smallest absolute Gasteiger partial charge is 0.265 e. The monoisotopic (exact) mass is 297 g/mol. The molecule has 0 saturated carbocycles. The van der Waals surface area contributed by atoms with Crippen LogP contribution in [-0.2, 0) is 16.6 Å². The molecule has 0 fully saturated rings. The van der Waals surface area contributed by atoms with E-state index >= 15 is 0 Å². The molecule has 0 saturated heterocycles. The number of hydrogen-bond acceptors (Lipinski definition) is 3. The molecule has 0 bridgehead atoms. The summed E-state index contributed by atoms with van der Waals surface area (Å²) in [5.41, 5.74) is 1.45. The second-order valence-electron chi connectivity index (χ2n) is 4.47. The number of nitrogens with one attached hydrogen (secondary N) is 1. The van der Waals surface area contributed by atoms with Crippen molar-refractivity contribution in [2.45, 2.75) is 32.2 Å². The summed E-state index contributed by atoms with van der Waals surface area (Å²) in [7, 11) is -3.72. The molecule has 108 valence electrons. The van der Waals surface area contributed by atoms with Gasteiger partial charge in [-0.3, -0.25) is 9.40 Å². The number of aryl methyl sites for hydroxylation is 2. The van der Waals surface area contributed by atoms with E-state index in [0.717, 1.165) is 0 Å². The van der Waals surface area contributed by atoms with Crippen LogP contribution in [0.25, 0.3) is 0 Å². The van der Waals surface area contributed by atoms with Crippen LogP contribution >= 0.6 is 0 Å². The van der Waals surface area contributed by atoms with E-state index < -0.39 is 15.8 Å². The van der Waals surface area contributed by atoms with Crippen molar-refractivity contribution in [2.75, 3.05) is 4.72 Å². The third kappa shape index (κ3) is 2.67. The van der Waals surface area contributed by atoms with Gasteiger partial charge in [-0.2, -0.15) is 5.10 Å². The van der Waals surface area contributed by atoms with Crippen LogP contribution < -0.4 is 4.72 Å². The second-order valence-corrected chi connectivity index (χ2v) is 6.13. The number of hydrogen-bond donors (Lipinski definition) is 1. The zero-order valence-electron chi connectivity index (χ0n) is 11.5. The molecule has 0 atom stereocenters. The van der Waals surface area contributed by atoms with E-state index in [4.69, 9.17) is 0 Å². The fourth-order valence-electron chi connectivity index (χ4n) is 1.95. The molecule has 1 aromatic heterocycles. The molecule has 2 aromatic rings. The summed E-state index contributed by atoms with van der Waals surface area (Å²) in [6.07, 6.45) is 1.32. The molecule has 0 radical (unpaired) electrons. The molecule has 0 amide bonds. The first-order valence-corrected chi connectivity index (χ1v) is 7.65. The Kier molecular flexibility index (Phi) is 3.80. The number of nitrogens with zero attached hydrogens (tertiary/aromatic N) is 2. The Labute approximate surface area is 117 Å². The van der Waals surface area contributed by atoms with Crippen molar-refractivity contribution in [1.82, 2.24) is 9.78 Å². The van der Waals surface area contributed by atoms with E-state index in [-0.39, 0.29) is 4.90 Å². The number of aromatic nitrogens is 2. The van der Waals surface area contributed by atoms with E-state index in [2.05, 4.69) is 9.82 Å². The largest absolute Gasteiger partial charge is 0.279 e. The number of halogens is 1.